The molecule has 1 aliphatic rings. The summed E-state index contributed by atoms with van der Waals surface area (Å²) in [5.74, 6) is -2.73. The summed E-state index contributed by atoms with van der Waals surface area (Å²) in [6.07, 6.45) is 1.28. The minimum atomic E-state index is -1.11. The van der Waals surface area contributed by atoms with E-state index >= 15 is 0 Å². The van der Waals surface area contributed by atoms with Crippen LogP contribution in [-0.2, 0) is 4.74 Å². The SMILES string of the molecule is O=C(NC1(CBr)CCOCC1)c1cccc(F)c1F. The normalized spacial score (nSPS) is 18.1. The van der Waals surface area contributed by atoms with E-state index in [-0.39, 0.29) is 5.56 Å². The van der Waals surface area contributed by atoms with Gasteiger partial charge in [0.1, 0.15) is 0 Å². The lowest BCUT2D eigenvalue weighted by Gasteiger charge is -2.36. The molecule has 0 unspecified atom stereocenters. The van der Waals surface area contributed by atoms with E-state index in [1.165, 1.54) is 12.1 Å². The minimum Gasteiger partial charge on any atom is -0.381 e. The first-order valence-corrected chi connectivity index (χ1v) is 7.10. The molecule has 1 amide bonds. The third kappa shape index (κ3) is 3.12. The van der Waals surface area contributed by atoms with Gasteiger partial charge in [-0.25, -0.2) is 8.78 Å². The van der Waals surface area contributed by atoms with Gasteiger partial charge in [-0.15, -0.1) is 0 Å². The van der Waals surface area contributed by atoms with Crippen molar-refractivity contribution in [2.24, 2.45) is 0 Å². The van der Waals surface area contributed by atoms with Gasteiger partial charge in [0.15, 0.2) is 11.6 Å². The van der Waals surface area contributed by atoms with Gasteiger partial charge in [0.05, 0.1) is 11.1 Å². The number of hydrogen-bond acceptors (Lipinski definition) is 2. The Morgan fingerprint density at radius 3 is 2.68 bits per heavy atom. The van der Waals surface area contributed by atoms with Gasteiger partial charge in [-0.05, 0) is 25.0 Å². The maximum Gasteiger partial charge on any atom is 0.254 e. The van der Waals surface area contributed by atoms with Crippen molar-refractivity contribution < 1.29 is 18.3 Å². The van der Waals surface area contributed by atoms with Crippen LogP contribution in [0.3, 0.4) is 0 Å². The highest BCUT2D eigenvalue weighted by Gasteiger charge is 2.34. The average Bonchev–Trinajstić information content (AvgIpc) is 2.42. The third-order valence-electron chi connectivity index (χ3n) is 3.28. The summed E-state index contributed by atoms with van der Waals surface area (Å²) < 4.78 is 31.9. The van der Waals surface area contributed by atoms with Crippen molar-refractivity contribution in [1.82, 2.24) is 5.32 Å². The number of carbonyl (C=O) groups excluding carboxylic acids is 1. The fraction of sp³-hybridized carbons (Fsp3) is 0.462. The van der Waals surface area contributed by atoms with Gasteiger partial charge in [-0.1, -0.05) is 22.0 Å². The van der Waals surface area contributed by atoms with Crippen molar-refractivity contribution in [2.45, 2.75) is 18.4 Å². The van der Waals surface area contributed by atoms with E-state index in [1.54, 1.807) is 0 Å². The molecule has 1 heterocycles. The van der Waals surface area contributed by atoms with Crippen molar-refractivity contribution in [2.75, 3.05) is 18.5 Å². The zero-order valence-electron chi connectivity index (χ0n) is 10.2. The predicted molar refractivity (Wildman–Crippen MR) is 70.4 cm³/mol. The number of carbonyl (C=O) groups is 1. The zero-order chi connectivity index (χ0) is 13.9. The Labute approximate surface area is 118 Å². The topological polar surface area (TPSA) is 38.3 Å². The molecule has 0 aliphatic carbocycles. The second-order valence-electron chi connectivity index (χ2n) is 4.58. The molecule has 0 radical (unpaired) electrons. The lowest BCUT2D eigenvalue weighted by atomic mass is 9.92. The van der Waals surface area contributed by atoms with Crippen LogP contribution < -0.4 is 5.32 Å². The molecule has 0 bridgehead atoms. The number of hydrogen-bond donors (Lipinski definition) is 1. The van der Waals surface area contributed by atoms with Gasteiger partial charge < -0.3 is 10.1 Å². The summed E-state index contributed by atoms with van der Waals surface area (Å²) in [4.78, 5) is 12.1. The fourth-order valence-electron chi connectivity index (χ4n) is 2.04. The average molecular weight is 334 g/mol. The van der Waals surface area contributed by atoms with Gasteiger partial charge in [0.25, 0.3) is 5.91 Å². The molecule has 6 heteroatoms. The minimum absolute atomic E-state index is 0.271. The second-order valence-corrected chi connectivity index (χ2v) is 5.14. The van der Waals surface area contributed by atoms with Crippen LogP contribution in [-0.4, -0.2) is 30.0 Å². The Morgan fingerprint density at radius 2 is 2.05 bits per heavy atom. The molecule has 1 aromatic carbocycles. The third-order valence-corrected chi connectivity index (χ3v) is 4.35. The number of ether oxygens (including phenoxy) is 1. The number of rotatable bonds is 3. The zero-order valence-corrected chi connectivity index (χ0v) is 11.8. The number of benzene rings is 1. The summed E-state index contributed by atoms with van der Waals surface area (Å²) in [6, 6.07) is 3.58. The number of nitrogens with one attached hydrogen (secondary N) is 1. The number of halogens is 3. The molecule has 2 rings (SSSR count). The van der Waals surface area contributed by atoms with E-state index in [4.69, 9.17) is 4.74 Å². The van der Waals surface area contributed by atoms with Gasteiger partial charge in [-0.2, -0.15) is 0 Å². The summed E-state index contributed by atoms with van der Waals surface area (Å²) >= 11 is 3.36. The van der Waals surface area contributed by atoms with Crippen LogP contribution in [0.2, 0.25) is 0 Å². The summed E-state index contributed by atoms with van der Waals surface area (Å²) in [7, 11) is 0. The molecule has 19 heavy (non-hydrogen) atoms. The molecule has 1 aromatic rings. The van der Waals surface area contributed by atoms with E-state index < -0.39 is 23.1 Å². The maximum absolute atomic E-state index is 13.6. The van der Waals surface area contributed by atoms with Crippen LogP contribution in [0.15, 0.2) is 18.2 Å². The van der Waals surface area contributed by atoms with Crippen LogP contribution in [0.4, 0.5) is 8.78 Å². The molecule has 1 saturated heterocycles. The largest absolute Gasteiger partial charge is 0.381 e. The van der Waals surface area contributed by atoms with Crippen LogP contribution in [0, 0.1) is 11.6 Å². The molecule has 1 N–H and O–H groups in total. The van der Waals surface area contributed by atoms with Crippen molar-refractivity contribution in [1.29, 1.82) is 0 Å². The first-order valence-electron chi connectivity index (χ1n) is 5.98. The first-order chi connectivity index (χ1) is 9.08. The Hall–Kier alpha value is -1.01. The van der Waals surface area contributed by atoms with E-state index in [2.05, 4.69) is 21.2 Å². The molecule has 0 atom stereocenters. The maximum atomic E-state index is 13.6. The molecular weight excluding hydrogens is 320 g/mol. The van der Waals surface area contributed by atoms with Gasteiger partial charge in [-0.3, -0.25) is 4.79 Å². The number of alkyl halides is 1. The van der Waals surface area contributed by atoms with E-state index in [1.807, 2.05) is 0 Å². The molecule has 0 aromatic heterocycles. The molecule has 104 valence electrons. The quantitative estimate of drug-likeness (QED) is 0.863. The van der Waals surface area contributed by atoms with Crippen LogP contribution in [0.25, 0.3) is 0 Å². The predicted octanol–water partition coefficient (Wildman–Crippen LogP) is 2.64. The van der Waals surface area contributed by atoms with Crippen LogP contribution >= 0.6 is 15.9 Å². The standard InChI is InChI=1S/C13H14BrF2NO2/c14-8-13(4-6-19-7-5-13)17-12(18)9-2-1-3-10(15)11(9)16/h1-3H,4-8H2,(H,17,18). The highest BCUT2D eigenvalue weighted by atomic mass is 79.9. The van der Waals surface area contributed by atoms with Gasteiger partial charge in [0, 0.05) is 18.5 Å². The van der Waals surface area contributed by atoms with Crippen molar-refractivity contribution >= 4 is 21.8 Å². The Balaban J connectivity index is 2.17. The molecule has 3 nitrogen and oxygen atoms in total. The Kier molecular flexibility index (Phi) is 4.52. The Morgan fingerprint density at radius 1 is 1.37 bits per heavy atom. The summed E-state index contributed by atoms with van der Waals surface area (Å²) in [6.45, 7) is 1.08. The van der Waals surface area contributed by atoms with E-state index in [9.17, 15) is 13.6 Å². The first kappa shape index (κ1) is 14.4. The van der Waals surface area contributed by atoms with E-state index in [0.29, 0.717) is 31.4 Å². The molecule has 0 saturated carbocycles. The van der Waals surface area contributed by atoms with Gasteiger partial charge in [0.2, 0.25) is 0 Å². The molecule has 1 fully saturated rings. The second kappa shape index (κ2) is 5.96. The fourth-order valence-corrected chi connectivity index (χ4v) is 2.74. The molecule has 0 spiro atoms. The monoisotopic (exact) mass is 333 g/mol. The van der Waals surface area contributed by atoms with E-state index in [0.717, 1.165) is 6.07 Å². The summed E-state index contributed by atoms with van der Waals surface area (Å²) in [5.41, 5.74) is -0.736. The lowest BCUT2D eigenvalue weighted by Crippen LogP contribution is -2.53. The molecular formula is C13H14BrF2NO2. The van der Waals surface area contributed by atoms with Crippen LogP contribution in [0.1, 0.15) is 23.2 Å². The smallest absolute Gasteiger partial charge is 0.254 e. The van der Waals surface area contributed by atoms with Crippen LogP contribution in [0.5, 0.6) is 0 Å². The highest BCUT2D eigenvalue weighted by molar-refractivity contribution is 9.09. The Bertz CT molecular complexity index is 476. The van der Waals surface area contributed by atoms with Crippen molar-refractivity contribution in [3.8, 4) is 0 Å². The van der Waals surface area contributed by atoms with Crippen molar-refractivity contribution in [3.63, 3.8) is 0 Å². The highest BCUT2D eigenvalue weighted by Crippen LogP contribution is 2.24. The molecule has 1 aliphatic heterocycles. The van der Waals surface area contributed by atoms with Gasteiger partial charge >= 0.3 is 0 Å². The number of amides is 1. The van der Waals surface area contributed by atoms with Crippen molar-refractivity contribution in [3.05, 3.63) is 35.4 Å². The lowest BCUT2D eigenvalue weighted by molar-refractivity contribution is 0.0440. The summed E-state index contributed by atoms with van der Waals surface area (Å²) in [5, 5.41) is 3.34.